The molecule has 2 aromatic rings. The molecule has 2 aromatic carbocycles. The molecule has 0 amide bonds. The van der Waals surface area contributed by atoms with E-state index in [4.69, 9.17) is 16.3 Å². The van der Waals surface area contributed by atoms with E-state index in [-0.39, 0.29) is 6.04 Å². The highest BCUT2D eigenvalue weighted by molar-refractivity contribution is 9.10. The smallest absolute Gasteiger partial charge is 0.120 e. The van der Waals surface area contributed by atoms with E-state index in [0.717, 1.165) is 21.8 Å². The van der Waals surface area contributed by atoms with Gasteiger partial charge in [-0.15, -0.1) is 0 Å². The summed E-state index contributed by atoms with van der Waals surface area (Å²) in [5.41, 5.74) is 3.58. The third-order valence-electron chi connectivity index (χ3n) is 3.48. The molecule has 0 bridgehead atoms. The molecule has 0 spiro atoms. The van der Waals surface area contributed by atoms with Crippen LogP contribution in [0.15, 0.2) is 40.9 Å². The fraction of sp³-hybridized carbons (Fsp3) is 0.294. The standard InChI is InChI=1S/C17H19BrClNO/c1-4-20-17(15-9-12(19)6-5-11(15)2)14-8-7-13(21-3)10-16(14)18/h5-10,17,20H,4H2,1-3H3. The van der Waals surface area contributed by atoms with Gasteiger partial charge in [-0.2, -0.15) is 0 Å². The Labute approximate surface area is 139 Å². The van der Waals surface area contributed by atoms with Crippen molar-refractivity contribution in [2.24, 2.45) is 0 Å². The molecule has 0 aliphatic rings. The zero-order valence-electron chi connectivity index (χ0n) is 12.4. The molecule has 0 aliphatic carbocycles. The van der Waals surface area contributed by atoms with Gasteiger partial charge in [0, 0.05) is 9.50 Å². The van der Waals surface area contributed by atoms with Crippen molar-refractivity contribution in [1.82, 2.24) is 5.32 Å². The average molecular weight is 369 g/mol. The maximum atomic E-state index is 6.18. The molecule has 0 saturated heterocycles. The molecule has 2 rings (SSSR count). The predicted molar refractivity (Wildman–Crippen MR) is 92.4 cm³/mol. The van der Waals surface area contributed by atoms with E-state index >= 15 is 0 Å². The third kappa shape index (κ3) is 3.79. The van der Waals surface area contributed by atoms with Gasteiger partial charge in [0.15, 0.2) is 0 Å². The van der Waals surface area contributed by atoms with E-state index in [1.165, 1.54) is 16.7 Å². The second-order valence-electron chi connectivity index (χ2n) is 4.88. The Morgan fingerprint density at radius 1 is 1.19 bits per heavy atom. The van der Waals surface area contributed by atoms with Crippen LogP contribution < -0.4 is 10.1 Å². The Bertz CT molecular complexity index is 630. The van der Waals surface area contributed by atoms with Crippen LogP contribution in [-0.4, -0.2) is 13.7 Å². The Morgan fingerprint density at radius 3 is 2.57 bits per heavy atom. The normalized spacial score (nSPS) is 12.2. The van der Waals surface area contributed by atoms with Gasteiger partial charge in [0.25, 0.3) is 0 Å². The summed E-state index contributed by atoms with van der Waals surface area (Å²) in [5, 5.41) is 4.29. The molecule has 0 heterocycles. The minimum atomic E-state index is 0.0916. The van der Waals surface area contributed by atoms with Crippen molar-refractivity contribution in [3.8, 4) is 5.75 Å². The molecule has 2 nitrogen and oxygen atoms in total. The molecule has 0 saturated carbocycles. The Morgan fingerprint density at radius 2 is 1.95 bits per heavy atom. The summed E-state index contributed by atoms with van der Waals surface area (Å²) in [6.45, 7) is 5.08. The van der Waals surface area contributed by atoms with Gasteiger partial charge in [0.1, 0.15) is 5.75 Å². The first-order valence-electron chi connectivity index (χ1n) is 6.89. The quantitative estimate of drug-likeness (QED) is 0.791. The van der Waals surface area contributed by atoms with Crippen LogP contribution in [0.3, 0.4) is 0 Å². The van der Waals surface area contributed by atoms with Gasteiger partial charge in [-0.25, -0.2) is 0 Å². The lowest BCUT2D eigenvalue weighted by molar-refractivity contribution is 0.414. The van der Waals surface area contributed by atoms with Gasteiger partial charge in [-0.3, -0.25) is 0 Å². The Hall–Kier alpha value is -1.03. The number of rotatable bonds is 5. The first-order chi connectivity index (χ1) is 10.1. The van der Waals surface area contributed by atoms with E-state index in [1.807, 2.05) is 24.3 Å². The summed E-state index contributed by atoms with van der Waals surface area (Å²) in [6.07, 6.45) is 0. The van der Waals surface area contributed by atoms with Gasteiger partial charge in [0.2, 0.25) is 0 Å². The fourth-order valence-electron chi connectivity index (χ4n) is 2.38. The van der Waals surface area contributed by atoms with Crippen molar-refractivity contribution in [3.63, 3.8) is 0 Å². The lowest BCUT2D eigenvalue weighted by atomic mass is 9.95. The molecular weight excluding hydrogens is 350 g/mol. The van der Waals surface area contributed by atoms with Gasteiger partial charge in [-0.05, 0) is 54.4 Å². The van der Waals surface area contributed by atoms with Gasteiger partial charge in [0.05, 0.1) is 13.2 Å². The molecular formula is C17H19BrClNO. The predicted octanol–water partition coefficient (Wildman–Crippen LogP) is 5.12. The number of nitrogens with one attached hydrogen (secondary N) is 1. The maximum Gasteiger partial charge on any atom is 0.120 e. The lowest BCUT2D eigenvalue weighted by Crippen LogP contribution is -2.23. The number of benzene rings is 2. The maximum absolute atomic E-state index is 6.18. The molecule has 0 aromatic heterocycles. The minimum absolute atomic E-state index is 0.0916. The van der Waals surface area contributed by atoms with Crippen molar-refractivity contribution in [2.45, 2.75) is 19.9 Å². The van der Waals surface area contributed by atoms with Crippen molar-refractivity contribution in [1.29, 1.82) is 0 Å². The third-order valence-corrected chi connectivity index (χ3v) is 4.40. The van der Waals surface area contributed by atoms with Crippen molar-refractivity contribution in [3.05, 3.63) is 62.6 Å². The van der Waals surface area contributed by atoms with Crippen LogP contribution in [0.25, 0.3) is 0 Å². The zero-order chi connectivity index (χ0) is 15.4. The molecule has 1 unspecified atom stereocenters. The van der Waals surface area contributed by atoms with E-state index < -0.39 is 0 Å². The first-order valence-corrected chi connectivity index (χ1v) is 8.06. The van der Waals surface area contributed by atoms with E-state index in [9.17, 15) is 0 Å². The Balaban J connectivity index is 2.50. The van der Waals surface area contributed by atoms with Crippen molar-refractivity contribution in [2.75, 3.05) is 13.7 Å². The van der Waals surface area contributed by atoms with Crippen LogP contribution >= 0.6 is 27.5 Å². The zero-order valence-corrected chi connectivity index (χ0v) is 14.8. The molecule has 21 heavy (non-hydrogen) atoms. The number of methoxy groups -OCH3 is 1. The van der Waals surface area contributed by atoms with Gasteiger partial charge in [-0.1, -0.05) is 46.6 Å². The van der Waals surface area contributed by atoms with E-state index in [2.05, 4.69) is 47.2 Å². The molecule has 0 fully saturated rings. The van der Waals surface area contributed by atoms with E-state index in [1.54, 1.807) is 7.11 Å². The van der Waals surface area contributed by atoms with E-state index in [0.29, 0.717) is 0 Å². The number of hydrogen-bond donors (Lipinski definition) is 1. The topological polar surface area (TPSA) is 21.3 Å². The molecule has 0 aliphatic heterocycles. The second kappa shape index (κ2) is 7.30. The van der Waals surface area contributed by atoms with Crippen molar-refractivity contribution >= 4 is 27.5 Å². The van der Waals surface area contributed by atoms with Crippen LogP contribution in [-0.2, 0) is 0 Å². The summed E-state index contributed by atoms with van der Waals surface area (Å²) in [7, 11) is 1.67. The lowest BCUT2D eigenvalue weighted by Gasteiger charge is -2.22. The van der Waals surface area contributed by atoms with Crippen molar-refractivity contribution < 1.29 is 4.74 Å². The largest absolute Gasteiger partial charge is 0.497 e. The summed E-state index contributed by atoms with van der Waals surface area (Å²) in [6, 6.07) is 12.1. The molecule has 1 atom stereocenters. The number of halogens is 2. The van der Waals surface area contributed by atoms with Gasteiger partial charge >= 0.3 is 0 Å². The fourth-order valence-corrected chi connectivity index (χ4v) is 3.15. The van der Waals surface area contributed by atoms with Crippen LogP contribution in [0.2, 0.25) is 5.02 Å². The highest BCUT2D eigenvalue weighted by Gasteiger charge is 2.18. The average Bonchev–Trinajstić information content (AvgIpc) is 2.48. The summed E-state index contributed by atoms with van der Waals surface area (Å²) in [5.74, 6) is 0.837. The highest BCUT2D eigenvalue weighted by Crippen LogP contribution is 2.33. The van der Waals surface area contributed by atoms with Crippen LogP contribution in [0.5, 0.6) is 5.75 Å². The monoisotopic (exact) mass is 367 g/mol. The van der Waals surface area contributed by atoms with Gasteiger partial charge < -0.3 is 10.1 Å². The highest BCUT2D eigenvalue weighted by atomic mass is 79.9. The molecule has 4 heteroatoms. The number of aryl methyl sites for hydroxylation is 1. The van der Waals surface area contributed by atoms with Crippen LogP contribution in [0, 0.1) is 6.92 Å². The second-order valence-corrected chi connectivity index (χ2v) is 6.17. The van der Waals surface area contributed by atoms with Crippen LogP contribution in [0.1, 0.15) is 29.7 Å². The first kappa shape index (κ1) is 16.3. The Kier molecular flexibility index (Phi) is 5.68. The van der Waals surface area contributed by atoms with Crippen LogP contribution in [0.4, 0.5) is 0 Å². The number of hydrogen-bond acceptors (Lipinski definition) is 2. The minimum Gasteiger partial charge on any atom is -0.497 e. The molecule has 0 radical (unpaired) electrons. The summed E-state index contributed by atoms with van der Waals surface area (Å²) < 4.78 is 6.29. The molecule has 1 N–H and O–H groups in total. The summed E-state index contributed by atoms with van der Waals surface area (Å²) >= 11 is 9.82. The number of ether oxygens (including phenoxy) is 1. The molecule has 112 valence electrons. The SMILES string of the molecule is CCNC(c1cc(Cl)ccc1C)c1ccc(OC)cc1Br. The summed E-state index contributed by atoms with van der Waals surface area (Å²) in [4.78, 5) is 0.